The standard InChI is InChI=1S/C18H19BrO4/c1-13-2-6-16(7-3-13)22-10-11-23-17-8-5-15(19)12-14(17)4-9-18(20)21/h2-3,5-8,12H,4,9-11H2,1H3,(H,20,21). The first-order valence-corrected chi connectivity index (χ1v) is 8.16. The molecule has 5 heteroatoms. The molecule has 4 nitrogen and oxygen atoms in total. The molecule has 0 atom stereocenters. The summed E-state index contributed by atoms with van der Waals surface area (Å²) in [6.45, 7) is 2.85. The Morgan fingerprint density at radius 2 is 1.78 bits per heavy atom. The summed E-state index contributed by atoms with van der Waals surface area (Å²) in [7, 11) is 0. The van der Waals surface area contributed by atoms with E-state index in [9.17, 15) is 4.79 Å². The zero-order chi connectivity index (χ0) is 16.7. The van der Waals surface area contributed by atoms with Crippen LogP contribution in [0.25, 0.3) is 0 Å². The average Bonchev–Trinajstić information content (AvgIpc) is 2.52. The summed E-state index contributed by atoms with van der Waals surface area (Å²) in [5.41, 5.74) is 2.06. The summed E-state index contributed by atoms with van der Waals surface area (Å²) in [6.07, 6.45) is 0.510. The second-order valence-electron chi connectivity index (χ2n) is 5.16. The van der Waals surface area contributed by atoms with Crippen molar-refractivity contribution in [2.45, 2.75) is 19.8 Å². The summed E-state index contributed by atoms with van der Waals surface area (Å²) in [5.74, 6) is 0.682. The number of aryl methyl sites for hydroxylation is 2. The van der Waals surface area contributed by atoms with Gasteiger partial charge in [0, 0.05) is 10.9 Å². The first-order valence-electron chi connectivity index (χ1n) is 7.37. The molecule has 0 aliphatic heterocycles. The molecule has 0 saturated carbocycles. The highest BCUT2D eigenvalue weighted by Crippen LogP contribution is 2.24. The molecule has 122 valence electrons. The number of benzene rings is 2. The molecule has 23 heavy (non-hydrogen) atoms. The lowest BCUT2D eigenvalue weighted by molar-refractivity contribution is -0.136. The summed E-state index contributed by atoms with van der Waals surface area (Å²) in [6, 6.07) is 13.4. The van der Waals surface area contributed by atoms with Crippen molar-refractivity contribution in [3.05, 3.63) is 58.1 Å². The number of hydrogen-bond acceptors (Lipinski definition) is 3. The van der Waals surface area contributed by atoms with Crippen molar-refractivity contribution in [2.24, 2.45) is 0 Å². The van der Waals surface area contributed by atoms with E-state index < -0.39 is 5.97 Å². The van der Waals surface area contributed by atoms with E-state index in [2.05, 4.69) is 15.9 Å². The molecular weight excluding hydrogens is 360 g/mol. The van der Waals surface area contributed by atoms with E-state index >= 15 is 0 Å². The number of halogens is 1. The Bertz CT molecular complexity index is 653. The van der Waals surface area contributed by atoms with Crippen LogP contribution in [0.5, 0.6) is 11.5 Å². The molecule has 0 amide bonds. The largest absolute Gasteiger partial charge is 0.490 e. The van der Waals surface area contributed by atoms with E-state index in [1.807, 2.05) is 49.4 Å². The summed E-state index contributed by atoms with van der Waals surface area (Å²) in [5, 5.41) is 8.82. The molecule has 2 aromatic carbocycles. The molecule has 0 aliphatic carbocycles. The van der Waals surface area contributed by atoms with Gasteiger partial charge in [-0.15, -0.1) is 0 Å². The Morgan fingerprint density at radius 3 is 2.48 bits per heavy atom. The third-order valence-corrected chi connectivity index (χ3v) is 3.75. The van der Waals surface area contributed by atoms with Crippen LogP contribution in [0.1, 0.15) is 17.5 Å². The molecule has 0 radical (unpaired) electrons. The first-order chi connectivity index (χ1) is 11.0. The number of ether oxygens (including phenoxy) is 2. The van der Waals surface area contributed by atoms with Crippen molar-refractivity contribution in [2.75, 3.05) is 13.2 Å². The highest BCUT2D eigenvalue weighted by Gasteiger charge is 2.07. The molecule has 2 rings (SSSR count). The van der Waals surface area contributed by atoms with Crippen molar-refractivity contribution in [3.8, 4) is 11.5 Å². The number of rotatable bonds is 8. The van der Waals surface area contributed by atoms with Crippen LogP contribution >= 0.6 is 15.9 Å². The van der Waals surface area contributed by atoms with Gasteiger partial charge in [0.25, 0.3) is 0 Å². The topological polar surface area (TPSA) is 55.8 Å². The number of carboxylic acid groups (broad SMARTS) is 1. The Kier molecular flexibility index (Phi) is 6.47. The highest BCUT2D eigenvalue weighted by molar-refractivity contribution is 9.10. The Morgan fingerprint density at radius 1 is 1.09 bits per heavy atom. The van der Waals surface area contributed by atoms with Crippen LogP contribution < -0.4 is 9.47 Å². The van der Waals surface area contributed by atoms with Gasteiger partial charge < -0.3 is 14.6 Å². The summed E-state index contributed by atoms with van der Waals surface area (Å²) < 4.78 is 12.3. The molecule has 0 heterocycles. The van der Waals surface area contributed by atoms with E-state index in [1.54, 1.807) is 0 Å². The third-order valence-electron chi connectivity index (χ3n) is 3.26. The minimum atomic E-state index is -0.821. The Hall–Kier alpha value is -2.01. The Balaban J connectivity index is 1.86. The van der Waals surface area contributed by atoms with Gasteiger partial charge in [0.15, 0.2) is 0 Å². The van der Waals surface area contributed by atoms with Crippen molar-refractivity contribution >= 4 is 21.9 Å². The fraction of sp³-hybridized carbons (Fsp3) is 0.278. The predicted molar refractivity (Wildman–Crippen MR) is 92.3 cm³/mol. The van der Waals surface area contributed by atoms with Crippen LogP contribution in [0, 0.1) is 6.92 Å². The van der Waals surface area contributed by atoms with Crippen LogP contribution in [0.3, 0.4) is 0 Å². The van der Waals surface area contributed by atoms with Gasteiger partial charge in [-0.25, -0.2) is 0 Å². The molecule has 0 fully saturated rings. The third kappa shape index (κ3) is 5.94. The average molecular weight is 379 g/mol. The van der Waals surface area contributed by atoms with Crippen LogP contribution in [0.2, 0.25) is 0 Å². The van der Waals surface area contributed by atoms with Crippen LogP contribution in [-0.4, -0.2) is 24.3 Å². The lowest BCUT2D eigenvalue weighted by Gasteiger charge is -2.12. The number of carboxylic acids is 1. The fourth-order valence-electron chi connectivity index (χ4n) is 2.07. The molecule has 0 aliphatic rings. The summed E-state index contributed by atoms with van der Waals surface area (Å²) >= 11 is 3.39. The maximum absolute atomic E-state index is 10.7. The SMILES string of the molecule is Cc1ccc(OCCOc2ccc(Br)cc2CCC(=O)O)cc1. The number of hydrogen-bond donors (Lipinski definition) is 1. The molecule has 0 aromatic heterocycles. The first kappa shape index (κ1) is 17.3. The quantitative estimate of drug-likeness (QED) is 0.698. The van der Waals surface area contributed by atoms with Gasteiger partial charge in [-0.2, -0.15) is 0 Å². The summed E-state index contributed by atoms with van der Waals surface area (Å²) in [4.78, 5) is 10.7. The van der Waals surface area contributed by atoms with E-state index in [0.29, 0.717) is 25.4 Å². The minimum Gasteiger partial charge on any atom is -0.490 e. The van der Waals surface area contributed by atoms with Gasteiger partial charge in [-0.05, 0) is 49.2 Å². The van der Waals surface area contributed by atoms with E-state index in [1.165, 1.54) is 5.56 Å². The number of aliphatic carboxylic acids is 1. The van der Waals surface area contributed by atoms with Crippen molar-refractivity contribution < 1.29 is 19.4 Å². The highest BCUT2D eigenvalue weighted by atomic mass is 79.9. The zero-order valence-electron chi connectivity index (χ0n) is 12.9. The molecule has 2 aromatic rings. The molecule has 1 N–H and O–H groups in total. The smallest absolute Gasteiger partial charge is 0.303 e. The second kappa shape index (κ2) is 8.58. The van der Waals surface area contributed by atoms with Gasteiger partial charge in [0.05, 0.1) is 0 Å². The molecule has 0 bridgehead atoms. The number of carbonyl (C=O) groups is 1. The maximum atomic E-state index is 10.7. The van der Waals surface area contributed by atoms with E-state index in [-0.39, 0.29) is 6.42 Å². The molecule has 0 saturated heterocycles. The zero-order valence-corrected chi connectivity index (χ0v) is 14.5. The molecule has 0 spiro atoms. The molecule has 0 unspecified atom stereocenters. The van der Waals surface area contributed by atoms with Gasteiger partial charge in [-0.3, -0.25) is 4.79 Å². The Labute approximate surface area is 144 Å². The van der Waals surface area contributed by atoms with Gasteiger partial charge in [0.2, 0.25) is 0 Å². The minimum absolute atomic E-state index is 0.0761. The van der Waals surface area contributed by atoms with Gasteiger partial charge >= 0.3 is 5.97 Å². The monoisotopic (exact) mass is 378 g/mol. The van der Waals surface area contributed by atoms with Crippen molar-refractivity contribution in [1.82, 2.24) is 0 Å². The second-order valence-corrected chi connectivity index (χ2v) is 6.07. The van der Waals surface area contributed by atoms with Crippen molar-refractivity contribution in [1.29, 1.82) is 0 Å². The van der Waals surface area contributed by atoms with E-state index in [0.717, 1.165) is 15.8 Å². The fourth-order valence-corrected chi connectivity index (χ4v) is 2.48. The van der Waals surface area contributed by atoms with E-state index in [4.69, 9.17) is 14.6 Å². The van der Waals surface area contributed by atoms with Crippen molar-refractivity contribution in [3.63, 3.8) is 0 Å². The lowest BCUT2D eigenvalue weighted by Crippen LogP contribution is -2.10. The maximum Gasteiger partial charge on any atom is 0.303 e. The van der Waals surface area contributed by atoms with Crippen LogP contribution in [-0.2, 0) is 11.2 Å². The van der Waals surface area contributed by atoms with Gasteiger partial charge in [0.1, 0.15) is 24.7 Å². The van der Waals surface area contributed by atoms with Crippen LogP contribution in [0.15, 0.2) is 46.9 Å². The van der Waals surface area contributed by atoms with Gasteiger partial charge in [-0.1, -0.05) is 33.6 Å². The predicted octanol–water partition coefficient (Wildman–Crippen LogP) is 4.23. The normalized spacial score (nSPS) is 10.3. The van der Waals surface area contributed by atoms with Crippen LogP contribution in [0.4, 0.5) is 0 Å². The molecular formula is C18H19BrO4. The lowest BCUT2D eigenvalue weighted by atomic mass is 10.1.